The minimum absolute atomic E-state index is 0.281. The van der Waals surface area contributed by atoms with Gasteiger partial charge in [-0.3, -0.25) is 0 Å². The first kappa shape index (κ1) is 13.3. The SMILES string of the molecule is CCOC(=O)c1ccc(OCC2(CS)CC2)cc1. The summed E-state index contributed by atoms with van der Waals surface area (Å²) in [6.07, 6.45) is 2.38. The molecule has 1 fully saturated rings. The van der Waals surface area contributed by atoms with Gasteiger partial charge in [-0.1, -0.05) is 0 Å². The van der Waals surface area contributed by atoms with Gasteiger partial charge in [-0.25, -0.2) is 4.79 Å². The second-order valence-electron chi connectivity index (χ2n) is 4.69. The van der Waals surface area contributed by atoms with E-state index in [0.29, 0.717) is 18.8 Å². The van der Waals surface area contributed by atoms with Crippen LogP contribution in [0, 0.1) is 5.41 Å². The van der Waals surface area contributed by atoms with E-state index in [1.165, 1.54) is 12.8 Å². The van der Waals surface area contributed by atoms with E-state index in [0.717, 1.165) is 11.5 Å². The Morgan fingerprint density at radius 2 is 2.00 bits per heavy atom. The Kier molecular flexibility index (Phi) is 4.17. The fourth-order valence-corrected chi connectivity index (χ4v) is 2.07. The van der Waals surface area contributed by atoms with Crippen molar-refractivity contribution in [3.05, 3.63) is 29.8 Å². The van der Waals surface area contributed by atoms with E-state index in [9.17, 15) is 4.79 Å². The summed E-state index contributed by atoms with van der Waals surface area (Å²) in [5.74, 6) is 1.36. The summed E-state index contributed by atoms with van der Waals surface area (Å²) in [5.41, 5.74) is 0.836. The Labute approximate surface area is 113 Å². The predicted octanol–water partition coefficient (Wildman–Crippen LogP) is 2.95. The van der Waals surface area contributed by atoms with Crippen LogP contribution in [-0.2, 0) is 4.74 Å². The molecular formula is C14H18O3S. The number of hydrogen-bond acceptors (Lipinski definition) is 4. The number of ether oxygens (including phenoxy) is 2. The van der Waals surface area contributed by atoms with Crippen molar-refractivity contribution < 1.29 is 14.3 Å². The molecule has 0 atom stereocenters. The van der Waals surface area contributed by atoms with Crippen molar-refractivity contribution in [2.45, 2.75) is 19.8 Å². The molecule has 1 aliphatic rings. The van der Waals surface area contributed by atoms with E-state index in [4.69, 9.17) is 9.47 Å². The molecule has 0 saturated heterocycles. The molecule has 0 radical (unpaired) electrons. The first-order valence-corrected chi connectivity index (χ1v) is 6.83. The van der Waals surface area contributed by atoms with Crippen LogP contribution in [0.3, 0.4) is 0 Å². The average molecular weight is 266 g/mol. The maximum Gasteiger partial charge on any atom is 0.338 e. The van der Waals surface area contributed by atoms with Gasteiger partial charge in [-0.05, 0) is 49.8 Å². The van der Waals surface area contributed by atoms with Gasteiger partial charge in [0, 0.05) is 5.41 Å². The van der Waals surface area contributed by atoms with Crippen LogP contribution in [0.25, 0.3) is 0 Å². The van der Waals surface area contributed by atoms with Gasteiger partial charge in [-0.15, -0.1) is 0 Å². The maximum absolute atomic E-state index is 11.5. The number of carbonyl (C=O) groups excluding carboxylic acids is 1. The zero-order valence-electron chi connectivity index (χ0n) is 10.5. The molecule has 0 aliphatic heterocycles. The topological polar surface area (TPSA) is 35.5 Å². The van der Waals surface area contributed by atoms with E-state index in [2.05, 4.69) is 12.6 Å². The molecule has 0 unspecified atom stereocenters. The van der Waals surface area contributed by atoms with Gasteiger partial charge in [0.1, 0.15) is 5.75 Å². The zero-order chi connectivity index (χ0) is 13.0. The van der Waals surface area contributed by atoms with E-state index in [1.807, 2.05) is 0 Å². The minimum atomic E-state index is -0.293. The van der Waals surface area contributed by atoms with Crippen LogP contribution in [0.15, 0.2) is 24.3 Å². The van der Waals surface area contributed by atoms with E-state index in [1.54, 1.807) is 31.2 Å². The molecular weight excluding hydrogens is 248 g/mol. The molecule has 1 aromatic carbocycles. The Hall–Kier alpha value is -1.16. The normalized spacial score (nSPS) is 16.1. The van der Waals surface area contributed by atoms with Gasteiger partial charge < -0.3 is 9.47 Å². The lowest BCUT2D eigenvalue weighted by Crippen LogP contribution is -2.14. The first-order valence-electron chi connectivity index (χ1n) is 6.20. The zero-order valence-corrected chi connectivity index (χ0v) is 11.4. The molecule has 18 heavy (non-hydrogen) atoms. The van der Waals surface area contributed by atoms with Crippen molar-refractivity contribution >= 4 is 18.6 Å². The van der Waals surface area contributed by atoms with Crippen LogP contribution >= 0.6 is 12.6 Å². The predicted molar refractivity (Wildman–Crippen MR) is 73.4 cm³/mol. The van der Waals surface area contributed by atoms with Gasteiger partial charge in [0.2, 0.25) is 0 Å². The second-order valence-corrected chi connectivity index (χ2v) is 5.01. The second kappa shape index (κ2) is 5.65. The standard InChI is InChI=1S/C14H18O3S/c1-2-16-13(15)11-3-5-12(6-4-11)17-9-14(10-18)7-8-14/h3-6,18H,2,7-10H2,1H3. The van der Waals surface area contributed by atoms with Crippen molar-refractivity contribution in [3.63, 3.8) is 0 Å². The third kappa shape index (κ3) is 3.19. The van der Waals surface area contributed by atoms with Crippen LogP contribution in [-0.4, -0.2) is 24.9 Å². The summed E-state index contributed by atoms with van der Waals surface area (Å²) in [7, 11) is 0. The molecule has 3 nitrogen and oxygen atoms in total. The summed E-state index contributed by atoms with van der Waals surface area (Å²) < 4.78 is 10.6. The molecule has 0 spiro atoms. The lowest BCUT2D eigenvalue weighted by molar-refractivity contribution is 0.0526. The summed E-state index contributed by atoms with van der Waals surface area (Å²) in [5, 5.41) is 0. The molecule has 1 aliphatic carbocycles. The number of carbonyl (C=O) groups is 1. The molecule has 4 heteroatoms. The Morgan fingerprint density at radius 3 is 2.50 bits per heavy atom. The third-order valence-corrected chi connectivity index (χ3v) is 3.87. The van der Waals surface area contributed by atoms with E-state index in [-0.39, 0.29) is 11.4 Å². The Bertz CT molecular complexity index is 410. The molecule has 1 saturated carbocycles. The van der Waals surface area contributed by atoms with Crippen molar-refractivity contribution in [2.75, 3.05) is 19.0 Å². The monoisotopic (exact) mass is 266 g/mol. The van der Waals surface area contributed by atoms with Gasteiger partial charge in [0.25, 0.3) is 0 Å². The molecule has 0 heterocycles. The number of thiol groups is 1. The van der Waals surface area contributed by atoms with Crippen LogP contribution in [0.2, 0.25) is 0 Å². The fraction of sp³-hybridized carbons (Fsp3) is 0.500. The highest BCUT2D eigenvalue weighted by molar-refractivity contribution is 7.80. The highest BCUT2D eigenvalue weighted by Crippen LogP contribution is 2.46. The number of benzene rings is 1. The molecule has 98 valence electrons. The van der Waals surface area contributed by atoms with Crippen molar-refractivity contribution in [2.24, 2.45) is 5.41 Å². The molecule has 0 bridgehead atoms. The summed E-state index contributed by atoms with van der Waals surface area (Å²) in [6.45, 7) is 2.89. The summed E-state index contributed by atoms with van der Waals surface area (Å²) in [4.78, 5) is 11.5. The number of rotatable bonds is 6. The molecule has 0 amide bonds. The third-order valence-electron chi connectivity index (χ3n) is 3.20. The summed E-state index contributed by atoms with van der Waals surface area (Å²) >= 11 is 4.34. The van der Waals surface area contributed by atoms with E-state index >= 15 is 0 Å². The molecule has 0 N–H and O–H groups in total. The Balaban J connectivity index is 1.89. The highest BCUT2D eigenvalue weighted by Gasteiger charge is 2.42. The maximum atomic E-state index is 11.5. The smallest absolute Gasteiger partial charge is 0.338 e. The van der Waals surface area contributed by atoms with Crippen LogP contribution in [0.1, 0.15) is 30.1 Å². The van der Waals surface area contributed by atoms with Crippen LogP contribution in [0.4, 0.5) is 0 Å². The van der Waals surface area contributed by atoms with Gasteiger partial charge >= 0.3 is 5.97 Å². The van der Waals surface area contributed by atoms with Crippen molar-refractivity contribution in [1.29, 1.82) is 0 Å². The first-order chi connectivity index (χ1) is 8.69. The average Bonchev–Trinajstić information content (AvgIpc) is 3.18. The molecule has 2 rings (SSSR count). The fourth-order valence-electron chi connectivity index (χ4n) is 1.66. The lowest BCUT2D eigenvalue weighted by Gasteiger charge is -2.13. The Morgan fingerprint density at radius 1 is 1.33 bits per heavy atom. The van der Waals surface area contributed by atoms with Gasteiger partial charge in [0.05, 0.1) is 18.8 Å². The number of esters is 1. The molecule has 0 aromatic heterocycles. The van der Waals surface area contributed by atoms with Crippen LogP contribution < -0.4 is 4.74 Å². The quantitative estimate of drug-likeness (QED) is 0.635. The van der Waals surface area contributed by atoms with Gasteiger partial charge in [-0.2, -0.15) is 12.6 Å². The van der Waals surface area contributed by atoms with Gasteiger partial charge in [0.15, 0.2) is 0 Å². The largest absolute Gasteiger partial charge is 0.493 e. The van der Waals surface area contributed by atoms with E-state index < -0.39 is 0 Å². The molecule has 1 aromatic rings. The highest BCUT2D eigenvalue weighted by atomic mass is 32.1. The van der Waals surface area contributed by atoms with Crippen molar-refractivity contribution in [3.8, 4) is 5.75 Å². The number of hydrogen-bond donors (Lipinski definition) is 1. The van der Waals surface area contributed by atoms with Crippen LogP contribution in [0.5, 0.6) is 5.75 Å². The minimum Gasteiger partial charge on any atom is -0.493 e. The lowest BCUT2D eigenvalue weighted by atomic mass is 10.1. The van der Waals surface area contributed by atoms with Crippen molar-refractivity contribution in [1.82, 2.24) is 0 Å². The summed E-state index contributed by atoms with van der Waals surface area (Å²) in [6, 6.07) is 7.07.